The Morgan fingerprint density at radius 3 is 2.35 bits per heavy atom. The molecule has 0 atom stereocenters. The van der Waals surface area contributed by atoms with Crippen LogP contribution in [0.25, 0.3) is 10.9 Å². The number of aliphatic carboxylic acids is 1. The molecular weight excluding hydrogens is 483 g/mol. The van der Waals surface area contributed by atoms with E-state index in [4.69, 9.17) is 15.6 Å². The Labute approximate surface area is 214 Å². The van der Waals surface area contributed by atoms with E-state index < -0.39 is 12.1 Å². The summed E-state index contributed by atoms with van der Waals surface area (Å²) in [5.41, 5.74) is 11.7. The van der Waals surface area contributed by atoms with E-state index in [1.165, 1.54) is 22.2 Å². The van der Waals surface area contributed by atoms with Crippen molar-refractivity contribution in [3.05, 3.63) is 70.9 Å². The average Bonchev–Trinajstić information content (AvgIpc) is 3.26. The number of fused-ring (bicyclic) bond motifs is 1. The van der Waals surface area contributed by atoms with Gasteiger partial charge in [-0.25, -0.2) is 4.79 Å². The van der Waals surface area contributed by atoms with E-state index in [0.29, 0.717) is 12.5 Å². The number of nitrogens with zero attached hydrogens (tertiary/aromatic N) is 2. The number of nitrogens with two attached hydrogens (primary N) is 1. The number of halogens is 3. The number of carbonyl (C=O) groups is 2. The fourth-order valence-electron chi connectivity index (χ4n) is 4.78. The van der Waals surface area contributed by atoms with Crippen LogP contribution in [0.4, 0.5) is 13.2 Å². The maximum Gasteiger partial charge on any atom is 0.490 e. The molecule has 0 bridgehead atoms. The lowest BCUT2D eigenvalue weighted by molar-refractivity contribution is -0.192. The predicted octanol–water partition coefficient (Wildman–Crippen LogP) is 5.86. The second-order valence-corrected chi connectivity index (χ2v) is 9.38. The van der Waals surface area contributed by atoms with Gasteiger partial charge in [0, 0.05) is 37.8 Å². The van der Waals surface area contributed by atoms with Gasteiger partial charge < -0.3 is 20.3 Å². The SMILES string of the molecule is CCCCn1cc(C(=O)N2CCC(c3cccc(CN)c3)CC2)c2cccc(C)c21.O=C(O)C(F)(F)F. The number of carboxylic acid groups (broad SMARTS) is 1. The molecule has 3 N–H and O–H groups in total. The van der Waals surface area contributed by atoms with Crippen molar-refractivity contribution in [1.82, 2.24) is 9.47 Å². The van der Waals surface area contributed by atoms with Crippen molar-refractivity contribution in [2.75, 3.05) is 13.1 Å². The van der Waals surface area contributed by atoms with Crippen molar-refractivity contribution in [1.29, 1.82) is 0 Å². The van der Waals surface area contributed by atoms with Gasteiger partial charge in [-0.2, -0.15) is 13.2 Å². The molecule has 1 amide bonds. The summed E-state index contributed by atoms with van der Waals surface area (Å²) in [6.07, 6.45) is 1.29. The molecule has 3 aromatic rings. The fourth-order valence-corrected chi connectivity index (χ4v) is 4.78. The van der Waals surface area contributed by atoms with Gasteiger partial charge in [-0.1, -0.05) is 55.8 Å². The second kappa shape index (κ2) is 12.3. The van der Waals surface area contributed by atoms with Gasteiger partial charge in [-0.15, -0.1) is 0 Å². The summed E-state index contributed by atoms with van der Waals surface area (Å²) in [4.78, 5) is 24.4. The Morgan fingerprint density at radius 2 is 1.76 bits per heavy atom. The highest BCUT2D eigenvalue weighted by Gasteiger charge is 2.38. The first-order valence-electron chi connectivity index (χ1n) is 12.5. The minimum atomic E-state index is -5.08. The molecular formula is C28H34F3N3O3. The number of carboxylic acids is 1. The van der Waals surface area contributed by atoms with Crippen molar-refractivity contribution in [2.24, 2.45) is 5.73 Å². The van der Waals surface area contributed by atoms with Crippen molar-refractivity contribution >= 4 is 22.8 Å². The molecule has 2 heterocycles. The molecule has 0 saturated carbocycles. The van der Waals surface area contributed by atoms with E-state index in [1.807, 2.05) is 4.90 Å². The van der Waals surface area contributed by atoms with Crippen LogP contribution in [0.15, 0.2) is 48.7 Å². The number of likely N-dealkylation sites (tertiary alicyclic amines) is 1. The van der Waals surface area contributed by atoms with Crippen LogP contribution in [0.2, 0.25) is 0 Å². The zero-order valence-corrected chi connectivity index (χ0v) is 21.2. The number of rotatable bonds is 6. The van der Waals surface area contributed by atoms with Crippen LogP contribution >= 0.6 is 0 Å². The minimum absolute atomic E-state index is 0.176. The summed E-state index contributed by atoms with van der Waals surface area (Å²) >= 11 is 0. The van der Waals surface area contributed by atoms with E-state index in [-0.39, 0.29) is 5.91 Å². The normalized spacial score (nSPS) is 14.4. The lowest BCUT2D eigenvalue weighted by Gasteiger charge is -2.32. The molecule has 1 saturated heterocycles. The summed E-state index contributed by atoms with van der Waals surface area (Å²) in [5, 5.41) is 8.22. The highest BCUT2D eigenvalue weighted by atomic mass is 19.4. The molecule has 200 valence electrons. The van der Waals surface area contributed by atoms with Crippen LogP contribution in [0.1, 0.15) is 65.6 Å². The third kappa shape index (κ3) is 6.91. The summed E-state index contributed by atoms with van der Waals surface area (Å²) in [6.45, 7) is 7.50. The van der Waals surface area contributed by atoms with Crippen LogP contribution in [0.5, 0.6) is 0 Å². The smallest absolute Gasteiger partial charge is 0.475 e. The maximum absolute atomic E-state index is 13.5. The molecule has 1 aliphatic heterocycles. The number of para-hydroxylation sites is 1. The van der Waals surface area contributed by atoms with Gasteiger partial charge in [0.2, 0.25) is 0 Å². The van der Waals surface area contributed by atoms with Gasteiger partial charge in [0.1, 0.15) is 0 Å². The Morgan fingerprint density at radius 1 is 1.11 bits per heavy atom. The standard InChI is InChI=1S/C26H33N3O.C2HF3O2/c1-3-4-13-29-18-24(23-10-5-7-19(2)25(23)29)26(30)28-14-11-21(12-15-28)22-9-6-8-20(16-22)17-27;3-2(4,5)1(6)7/h5-10,16,18,21H,3-4,11-15,17,27H2,1-2H3;(H,6,7). The van der Waals surface area contributed by atoms with Gasteiger partial charge in [0.05, 0.1) is 11.1 Å². The number of unbranched alkanes of at least 4 members (excludes halogenated alkanes) is 1. The highest BCUT2D eigenvalue weighted by Crippen LogP contribution is 2.31. The van der Waals surface area contributed by atoms with Crippen LogP contribution in [-0.4, -0.2) is 45.7 Å². The number of benzene rings is 2. The summed E-state index contributed by atoms with van der Waals surface area (Å²) in [5.74, 6) is -2.07. The number of aryl methyl sites for hydroxylation is 2. The Bertz CT molecular complexity index is 1230. The van der Waals surface area contributed by atoms with E-state index >= 15 is 0 Å². The molecule has 0 unspecified atom stereocenters. The third-order valence-corrected chi connectivity index (χ3v) is 6.77. The molecule has 37 heavy (non-hydrogen) atoms. The minimum Gasteiger partial charge on any atom is -0.475 e. The first-order chi connectivity index (χ1) is 17.6. The third-order valence-electron chi connectivity index (χ3n) is 6.77. The number of aromatic nitrogens is 1. The van der Waals surface area contributed by atoms with Crippen LogP contribution in [-0.2, 0) is 17.9 Å². The molecule has 0 radical (unpaired) electrons. The first-order valence-corrected chi connectivity index (χ1v) is 12.5. The summed E-state index contributed by atoms with van der Waals surface area (Å²) in [6, 6.07) is 14.9. The first kappa shape index (κ1) is 28.2. The largest absolute Gasteiger partial charge is 0.490 e. The van der Waals surface area contributed by atoms with Crippen molar-refractivity contribution in [3.63, 3.8) is 0 Å². The molecule has 0 aliphatic carbocycles. The quantitative estimate of drug-likeness (QED) is 0.429. The highest BCUT2D eigenvalue weighted by molar-refractivity contribution is 6.07. The molecule has 1 fully saturated rings. The average molecular weight is 518 g/mol. The van der Waals surface area contributed by atoms with E-state index in [0.717, 1.165) is 56.3 Å². The summed E-state index contributed by atoms with van der Waals surface area (Å²) in [7, 11) is 0. The monoisotopic (exact) mass is 517 g/mol. The maximum atomic E-state index is 13.5. The molecule has 6 nitrogen and oxygen atoms in total. The number of piperidine rings is 1. The number of hydrogen-bond acceptors (Lipinski definition) is 3. The molecule has 2 aromatic carbocycles. The van der Waals surface area contributed by atoms with Crippen LogP contribution in [0.3, 0.4) is 0 Å². The zero-order chi connectivity index (χ0) is 27.2. The van der Waals surface area contributed by atoms with Gasteiger partial charge in [0.25, 0.3) is 5.91 Å². The van der Waals surface area contributed by atoms with Crippen LogP contribution < -0.4 is 5.73 Å². The molecule has 1 aromatic heterocycles. The van der Waals surface area contributed by atoms with Crippen molar-refractivity contribution in [3.8, 4) is 0 Å². The van der Waals surface area contributed by atoms with Gasteiger partial charge in [-0.05, 0) is 48.8 Å². The molecule has 1 aliphatic rings. The van der Waals surface area contributed by atoms with Crippen LogP contribution in [0, 0.1) is 6.92 Å². The topological polar surface area (TPSA) is 88.6 Å². The Hall–Kier alpha value is -3.33. The fraction of sp³-hybridized carbons (Fsp3) is 0.429. The van der Waals surface area contributed by atoms with E-state index in [9.17, 15) is 18.0 Å². The lowest BCUT2D eigenvalue weighted by atomic mass is 9.88. The second-order valence-electron chi connectivity index (χ2n) is 9.38. The molecule has 0 spiro atoms. The molecule has 9 heteroatoms. The number of alkyl halides is 3. The predicted molar refractivity (Wildman–Crippen MR) is 137 cm³/mol. The van der Waals surface area contributed by atoms with E-state index in [2.05, 4.69) is 67.1 Å². The zero-order valence-electron chi connectivity index (χ0n) is 21.2. The number of hydrogen-bond donors (Lipinski definition) is 2. The van der Waals surface area contributed by atoms with Gasteiger partial charge >= 0.3 is 12.1 Å². The van der Waals surface area contributed by atoms with Crippen molar-refractivity contribution in [2.45, 2.75) is 64.7 Å². The van der Waals surface area contributed by atoms with E-state index in [1.54, 1.807) is 0 Å². The molecule has 4 rings (SSSR count). The Kier molecular flexibility index (Phi) is 9.37. The summed E-state index contributed by atoms with van der Waals surface area (Å²) < 4.78 is 34.0. The van der Waals surface area contributed by atoms with Gasteiger partial charge in [-0.3, -0.25) is 4.79 Å². The number of amides is 1. The van der Waals surface area contributed by atoms with Gasteiger partial charge in [0.15, 0.2) is 0 Å². The van der Waals surface area contributed by atoms with Crippen molar-refractivity contribution < 1.29 is 27.9 Å². The Balaban J connectivity index is 0.000000479. The number of carbonyl (C=O) groups excluding carboxylic acids is 1. The lowest BCUT2D eigenvalue weighted by Crippen LogP contribution is -2.37.